The lowest BCUT2D eigenvalue weighted by molar-refractivity contribution is -0.156. The topological polar surface area (TPSA) is 91.4 Å². The van der Waals surface area contributed by atoms with Crippen molar-refractivity contribution in [3.63, 3.8) is 0 Å². The fraction of sp³-hybridized carbons (Fsp3) is 0.750. The van der Waals surface area contributed by atoms with Crippen molar-refractivity contribution in [3.05, 3.63) is 0 Å². The molecular formula is C12H18O7. The van der Waals surface area contributed by atoms with Gasteiger partial charge in [0.1, 0.15) is 6.42 Å². The molecular weight excluding hydrogens is 256 g/mol. The van der Waals surface area contributed by atoms with Gasteiger partial charge in [-0.15, -0.1) is 0 Å². The van der Waals surface area contributed by atoms with Crippen LogP contribution in [0, 0.1) is 0 Å². The molecule has 0 aromatic carbocycles. The predicted molar refractivity (Wildman–Crippen MR) is 62.1 cm³/mol. The van der Waals surface area contributed by atoms with Crippen LogP contribution in [0.4, 0.5) is 0 Å². The number of rotatable bonds is 7. The SMILES string of the molecule is CCOC(=O)C1(CCOC(=O)CC(=O)OC)OC1C. The van der Waals surface area contributed by atoms with Gasteiger partial charge in [-0.05, 0) is 13.8 Å². The minimum atomic E-state index is -1.01. The monoisotopic (exact) mass is 274 g/mol. The van der Waals surface area contributed by atoms with E-state index in [1.807, 2.05) is 0 Å². The summed E-state index contributed by atoms with van der Waals surface area (Å²) in [5.74, 6) is -1.81. The first kappa shape index (κ1) is 15.4. The second kappa shape index (κ2) is 6.51. The molecule has 19 heavy (non-hydrogen) atoms. The van der Waals surface area contributed by atoms with Crippen LogP contribution in [0.2, 0.25) is 0 Å². The predicted octanol–water partition coefficient (Wildman–Crippen LogP) is 0.203. The third kappa shape index (κ3) is 3.92. The number of carbonyl (C=O) groups is 3. The largest absolute Gasteiger partial charge is 0.469 e. The molecule has 0 N–H and O–H groups in total. The van der Waals surface area contributed by atoms with Gasteiger partial charge in [0.25, 0.3) is 0 Å². The zero-order chi connectivity index (χ0) is 14.5. The Kier molecular flexibility index (Phi) is 5.29. The standard InChI is InChI=1S/C12H18O7/c1-4-17-11(15)12(8(2)19-12)5-6-18-10(14)7-9(13)16-3/h8H,4-7H2,1-3H3. The summed E-state index contributed by atoms with van der Waals surface area (Å²) in [4.78, 5) is 33.7. The van der Waals surface area contributed by atoms with Gasteiger partial charge in [0.05, 0.1) is 26.4 Å². The van der Waals surface area contributed by atoms with Crippen molar-refractivity contribution in [3.8, 4) is 0 Å². The van der Waals surface area contributed by atoms with Gasteiger partial charge < -0.3 is 18.9 Å². The molecule has 0 saturated carbocycles. The van der Waals surface area contributed by atoms with Crippen molar-refractivity contribution in [2.45, 2.75) is 38.4 Å². The summed E-state index contributed by atoms with van der Waals surface area (Å²) in [7, 11) is 1.19. The van der Waals surface area contributed by atoms with E-state index in [-0.39, 0.29) is 25.7 Å². The molecule has 0 aromatic heterocycles. The van der Waals surface area contributed by atoms with Crippen molar-refractivity contribution in [2.24, 2.45) is 0 Å². The van der Waals surface area contributed by atoms with Crippen LogP contribution in [0.5, 0.6) is 0 Å². The highest BCUT2D eigenvalue weighted by molar-refractivity contribution is 5.91. The first-order valence-corrected chi connectivity index (χ1v) is 6.03. The minimum Gasteiger partial charge on any atom is -0.469 e. The summed E-state index contributed by atoms with van der Waals surface area (Å²) in [6.07, 6.45) is -0.495. The third-order valence-corrected chi connectivity index (χ3v) is 2.86. The Morgan fingerprint density at radius 2 is 1.84 bits per heavy atom. The zero-order valence-electron chi connectivity index (χ0n) is 11.3. The molecule has 0 radical (unpaired) electrons. The Labute approximate surface area is 111 Å². The normalized spacial score (nSPS) is 24.5. The number of methoxy groups -OCH3 is 1. The molecule has 2 unspecified atom stereocenters. The molecule has 7 nitrogen and oxygen atoms in total. The lowest BCUT2D eigenvalue weighted by Crippen LogP contribution is -2.31. The maximum absolute atomic E-state index is 11.7. The van der Waals surface area contributed by atoms with Gasteiger partial charge in [-0.1, -0.05) is 0 Å². The highest BCUT2D eigenvalue weighted by Gasteiger charge is 2.61. The Balaban J connectivity index is 2.33. The molecule has 1 rings (SSSR count). The summed E-state index contributed by atoms with van der Waals surface area (Å²) < 4.78 is 19.3. The average Bonchev–Trinajstić information content (AvgIpc) is 3.01. The second-order valence-electron chi connectivity index (χ2n) is 4.09. The molecule has 7 heteroatoms. The summed E-state index contributed by atoms with van der Waals surface area (Å²) in [6, 6.07) is 0. The van der Waals surface area contributed by atoms with E-state index in [2.05, 4.69) is 4.74 Å². The van der Waals surface area contributed by atoms with Crippen LogP contribution < -0.4 is 0 Å². The van der Waals surface area contributed by atoms with E-state index < -0.39 is 29.9 Å². The maximum atomic E-state index is 11.7. The highest BCUT2D eigenvalue weighted by atomic mass is 16.7. The molecule has 1 saturated heterocycles. The molecule has 1 aliphatic rings. The van der Waals surface area contributed by atoms with Crippen LogP contribution in [0.1, 0.15) is 26.7 Å². The summed E-state index contributed by atoms with van der Waals surface area (Å²) in [5.41, 5.74) is -1.01. The first-order chi connectivity index (χ1) is 8.96. The molecule has 1 fully saturated rings. The number of esters is 3. The third-order valence-electron chi connectivity index (χ3n) is 2.86. The van der Waals surface area contributed by atoms with Gasteiger partial charge in [0, 0.05) is 6.42 Å². The number of epoxide rings is 1. The molecule has 108 valence electrons. The van der Waals surface area contributed by atoms with E-state index in [1.54, 1.807) is 13.8 Å². The first-order valence-electron chi connectivity index (χ1n) is 6.03. The Morgan fingerprint density at radius 1 is 1.21 bits per heavy atom. The molecule has 1 aliphatic heterocycles. The van der Waals surface area contributed by atoms with Crippen molar-refractivity contribution in [1.29, 1.82) is 0 Å². The quantitative estimate of drug-likeness (QED) is 0.283. The van der Waals surface area contributed by atoms with Crippen LogP contribution >= 0.6 is 0 Å². The van der Waals surface area contributed by atoms with Crippen LogP contribution in [-0.4, -0.2) is 49.9 Å². The Bertz CT molecular complexity index is 365. The Morgan fingerprint density at radius 3 is 2.32 bits per heavy atom. The van der Waals surface area contributed by atoms with Gasteiger partial charge in [0.2, 0.25) is 0 Å². The molecule has 1 heterocycles. The van der Waals surface area contributed by atoms with Crippen LogP contribution in [-0.2, 0) is 33.3 Å². The van der Waals surface area contributed by atoms with Gasteiger partial charge in [-0.2, -0.15) is 0 Å². The maximum Gasteiger partial charge on any atom is 0.341 e. The van der Waals surface area contributed by atoms with Crippen LogP contribution in [0.25, 0.3) is 0 Å². The summed E-state index contributed by atoms with van der Waals surface area (Å²) in [5, 5.41) is 0. The highest BCUT2D eigenvalue weighted by Crippen LogP contribution is 2.40. The van der Waals surface area contributed by atoms with Gasteiger partial charge in [-0.25, -0.2) is 4.79 Å². The van der Waals surface area contributed by atoms with Gasteiger partial charge >= 0.3 is 17.9 Å². The molecule has 2 atom stereocenters. The molecule has 0 amide bonds. The van der Waals surface area contributed by atoms with Crippen molar-refractivity contribution >= 4 is 17.9 Å². The zero-order valence-corrected chi connectivity index (χ0v) is 11.3. The van der Waals surface area contributed by atoms with E-state index in [1.165, 1.54) is 7.11 Å². The molecule has 0 aliphatic carbocycles. The number of hydrogen-bond donors (Lipinski definition) is 0. The van der Waals surface area contributed by atoms with Crippen LogP contribution in [0.3, 0.4) is 0 Å². The minimum absolute atomic E-state index is 0.0149. The van der Waals surface area contributed by atoms with Crippen molar-refractivity contribution in [1.82, 2.24) is 0 Å². The van der Waals surface area contributed by atoms with E-state index in [0.717, 1.165) is 0 Å². The van der Waals surface area contributed by atoms with E-state index >= 15 is 0 Å². The fourth-order valence-electron chi connectivity index (χ4n) is 1.67. The van der Waals surface area contributed by atoms with E-state index in [0.29, 0.717) is 0 Å². The summed E-state index contributed by atoms with van der Waals surface area (Å²) >= 11 is 0. The smallest absolute Gasteiger partial charge is 0.341 e. The second-order valence-corrected chi connectivity index (χ2v) is 4.09. The lowest BCUT2D eigenvalue weighted by atomic mass is 10.0. The molecule has 0 bridgehead atoms. The average molecular weight is 274 g/mol. The number of carbonyl (C=O) groups excluding carboxylic acids is 3. The van der Waals surface area contributed by atoms with Gasteiger partial charge in [0.15, 0.2) is 5.60 Å². The Hall–Kier alpha value is -1.63. The van der Waals surface area contributed by atoms with E-state index in [4.69, 9.17) is 14.2 Å². The van der Waals surface area contributed by atoms with Gasteiger partial charge in [-0.3, -0.25) is 9.59 Å². The van der Waals surface area contributed by atoms with Crippen molar-refractivity contribution in [2.75, 3.05) is 20.3 Å². The number of hydrogen-bond acceptors (Lipinski definition) is 7. The molecule has 0 aromatic rings. The fourth-order valence-corrected chi connectivity index (χ4v) is 1.67. The summed E-state index contributed by atoms with van der Waals surface area (Å²) in [6.45, 7) is 3.69. The van der Waals surface area contributed by atoms with Crippen molar-refractivity contribution < 1.29 is 33.3 Å². The van der Waals surface area contributed by atoms with E-state index in [9.17, 15) is 14.4 Å². The van der Waals surface area contributed by atoms with Crippen LogP contribution in [0.15, 0.2) is 0 Å². The lowest BCUT2D eigenvalue weighted by Gasteiger charge is -2.11. The number of ether oxygens (including phenoxy) is 4. The molecule has 0 spiro atoms.